The summed E-state index contributed by atoms with van der Waals surface area (Å²) in [7, 11) is 2.14. The summed E-state index contributed by atoms with van der Waals surface area (Å²) in [5.74, 6) is 0. The Morgan fingerprint density at radius 2 is 2.27 bits per heavy atom. The summed E-state index contributed by atoms with van der Waals surface area (Å²) in [5.41, 5.74) is 2.83. The highest BCUT2D eigenvalue weighted by Crippen LogP contribution is 2.33. The van der Waals surface area contributed by atoms with E-state index >= 15 is 0 Å². The van der Waals surface area contributed by atoms with E-state index in [1.54, 1.807) is 0 Å². The number of halogens is 1. The van der Waals surface area contributed by atoms with Gasteiger partial charge in [-0.25, -0.2) is 0 Å². The Bertz CT molecular complexity index is 283. The maximum Gasteiger partial charge on any atom is 0.0541 e. The van der Waals surface area contributed by atoms with E-state index in [2.05, 4.69) is 46.1 Å². The number of rotatable bonds is 0. The van der Waals surface area contributed by atoms with Gasteiger partial charge < -0.3 is 4.90 Å². The fourth-order valence-corrected chi connectivity index (χ4v) is 2.30. The van der Waals surface area contributed by atoms with Crippen molar-refractivity contribution in [3.63, 3.8) is 0 Å². The molecule has 0 fully saturated rings. The molecule has 2 rings (SSSR count). The highest BCUT2D eigenvalue weighted by molar-refractivity contribution is 9.10. The number of likely N-dealkylation sites (N-methyl/N-ethyl adjacent to an activating group) is 1. The minimum atomic E-state index is 1.15. The molecule has 1 aliphatic rings. The second-order valence-electron chi connectivity index (χ2n) is 2.92. The van der Waals surface area contributed by atoms with Crippen LogP contribution in [0.3, 0.4) is 0 Å². The first-order chi connectivity index (χ1) is 5.29. The van der Waals surface area contributed by atoms with Gasteiger partial charge in [-0.3, -0.25) is 0 Å². The number of nitrogens with zero attached hydrogens (tertiary/aromatic N) is 1. The van der Waals surface area contributed by atoms with E-state index in [0.717, 1.165) is 6.54 Å². The molecule has 0 unspecified atom stereocenters. The maximum absolute atomic E-state index is 3.55. The van der Waals surface area contributed by atoms with Crippen LogP contribution in [0.1, 0.15) is 5.56 Å². The first kappa shape index (κ1) is 7.17. The molecule has 1 nitrogen and oxygen atoms in total. The van der Waals surface area contributed by atoms with E-state index in [4.69, 9.17) is 0 Å². The van der Waals surface area contributed by atoms with Crippen molar-refractivity contribution in [2.75, 3.05) is 18.5 Å². The number of anilines is 1. The van der Waals surface area contributed by atoms with Gasteiger partial charge in [-0.2, -0.15) is 0 Å². The van der Waals surface area contributed by atoms with Crippen molar-refractivity contribution >= 4 is 21.6 Å². The first-order valence-corrected chi connectivity index (χ1v) is 4.57. The molecule has 1 heterocycles. The molecule has 1 aliphatic heterocycles. The molecule has 0 saturated carbocycles. The molecular weight excluding hydrogens is 202 g/mol. The Hall–Kier alpha value is -0.500. The minimum absolute atomic E-state index is 1.15. The van der Waals surface area contributed by atoms with Crippen LogP contribution in [0.5, 0.6) is 0 Å². The molecular formula is C9H10BrN. The monoisotopic (exact) mass is 211 g/mol. The highest BCUT2D eigenvalue weighted by Gasteiger charge is 2.16. The van der Waals surface area contributed by atoms with E-state index < -0.39 is 0 Å². The second kappa shape index (κ2) is 2.52. The predicted octanol–water partition coefficient (Wildman–Crippen LogP) is 2.44. The molecule has 0 spiro atoms. The summed E-state index contributed by atoms with van der Waals surface area (Å²) in [6.45, 7) is 1.15. The Kier molecular flexibility index (Phi) is 1.64. The largest absolute Gasteiger partial charge is 0.373 e. The number of hydrogen-bond donors (Lipinski definition) is 0. The standard InChI is InChI=1S/C9H10BrN/c1-11-6-5-7-3-2-4-8(10)9(7)11/h2-4H,5-6H2,1H3. The maximum atomic E-state index is 3.55. The summed E-state index contributed by atoms with van der Waals surface area (Å²) < 4.78 is 1.22. The molecule has 2 heteroatoms. The summed E-state index contributed by atoms with van der Waals surface area (Å²) in [6.07, 6.45) is 1.19. The van der Waals surface area contributed by atoms with Gasteiger partial charge in [0.25, 0.3) is 0 Å². The van der Waals surface area contributed by atoms with Crippen molar-refractivity contribution < 1.29 is 0 Å². The zero-order valence-electron chi connectivity index (χ0n) is 6.47. The predicted molar refractivity (Wildman–Crippen MR) is 51.1 cm³/mol. The fraction of sp³-hybridized carbons (Fsp3) is 0.333. The van der Waals surface area contributed by atoms with Crippen LogP contribution < -0.4 is 4.90 Å². The third-order valence-corrected chi connectivity index (χ3v) is 2.81. The summed E-state index contributed by atoms with van der Waals surface area (Å²) in [5, 5.41) is 0. The molecule has 0 atom stereocenters. The van der Waals surface area contributed by atoms with Gasteiger partial charge in [0.2, 0.25) is 0 Å². The van der Waals surface area contributed by atoms with Gasteiger partial charge in [0, 0.05) is 18.1 Å². The molecule has 0 aromatic heterocycles. The zero-order valence-corrected chi connectivity index (χ0v) is 8.06. The average molecular weight is 212 g/mol. The highest BCUT2D eigenvalue weighted by atomic mass is 79.9. The lowest BCUT2D eigenvalue weighted by Gasteiger charge is -2.12. The van der Waals surface area contributed by atoms with Gasteiger partial charge in [-0.15, -0.1) is 0 Å². The summed E-state index contributed by atoms with van der Waals surface area (Å²) >= 11 is 3.55. The van der Waals surface area contributed by atoms with Crippen LogP contribution in [0.4, 0.5) is 5.69 Å². The van der Waals surface area contributed by atoms with Crippen molar-refractivity contribution in [1.82, 2.24) is 0 Å². The normalized spacial score (nSPS) is 15.3. The van der Waals surface area contributed by atoms with Gasteiger partial charge in [0.1, 0.15) is 0 Å². The smallest absolute Gasteiger partial charge is 0.0541 e. The van der Waals surface area contributed by atoms with Gasteiger partial charge in [0.05, 0.1) is 5.69 Å². The minimum Gasteiger partial charge on any atom is -0.373 e. The van der Waals surface area contributed by atoms with E-state index in [1.807, 2.05) is 0 Å². The van der Waals surface area contributed by atoms with Crippen LogP contribution in [0.25, 0.3) is 0 Å². The van der Waals surface area contributed by atoms with E-state index in [0.29, 0.717) is 0 Å². The lowest BCUT2D eigenvalue weighted by Crippen LogP contribution is -2.12. The van der Waals surface area contributed by atoms with Crippen LogP contribution in [0.2, 0.25) is 0 Å². The van der Waals surface area contributed by atoms with Crippen LogP contribution in [-0.4, -0.2) is 13.6 Å². The Labute approximate surface area is 75.1 Å². The first-order valence-electron chi connectivity index (χ1n) is 3.77. The average Bonchev–Trinajstić information content (AvgIpc) is 2.34. The van der Waals surface area contributed by atoms with Crippen molar-refractivity contribution in [1.29, 1.82) is 0 Å². The Balaban J connectivity index is 2.58. The zero-order chi connectivity index (χ0) is 7.84. The van der Waals surface area contributed by atoms with Crippen molar-refractivity contribution in [3.05, 3.63) is 28.2 Å². The number of benzene rings is 1. The molecule has 11 heavy (non-hydrogen) atoms. The molecule has 0 amide bonds. The molecule has 0 aliphatic carbocycles. The topological polar surface area (TPSA) is 3.24 Å². The molecule has 1 aromatic carbocycles. The Morgan fingerprint density at radius 1 is 1.45 bits per heavy atom. The van der Waals surface area contributed by atoms with Crippen molar-refractivity contribution in [3.8, 4) is 0 Å². The molecule has 0 bridgehead atoms. The van der Waals surface area contributed by atoms with Crippen LogP contribution in [0.15, 0.2) is 22.7 Å². The number of para-hydroxylation sites is 1. The van der Waals surface area contributed by atoms with Crippen molar-refractivity contribution in [2.45, 2.75) is 6.42 Å². The van der Waals surface area contributed by atoms with Gasteiger partial charge >= 0.3 is 0 Å². The molecule has 0 radical (unpaired) electrons. The lowest BCUT2D eigenvalue weighted by atomic mass is 10.2. The third-order valence-electron chi connectivity index (χ3n) is 2.17. The fourth-order valence-electron chi connectivity index (χ4n) is 1.59. The summed E-state index contributed by atoms with van der Waals surface area (Å²) in [4.78, 5) is 2.29. The number of fused-ring (bicyclic) bond motifs is 1. The van der Waals surface area contributed by atoms with Gasteiger partial charge in [0.15, 0.2) is 0 Å². The lowest BCUT2D eigenvalue weighted by molar-refractivity contribution is 0.955. The molecule has 58 valence electrons. The van der Waals surface area contributed by atoms with Crippen LogP contribution >= 0.6 is 15.9 Å². The third kappa shape index (κ3) is 1.06. The molecule has 1 aromatic rings. The van der Waals surface area contributed by atoms with Crippen LogP contribution in [0, 0.1) is 0 Å². The van der Waals surface area contributed by atoms with Crippen molar-refractivity contribution in [2.24, 2.45) is 0 Å². The quantitative estimate of drug-likeness (QED) is 0.638. The number of hydrogen-bond acceptors (Lipinski definition) is 1. The Morgan fingerprint density at radius 3 is 3.00 bits per heavy atom. The van der Waals surface area contributed by atoms with Crippen LogP contribution in [-0.2, 0) is 6.42 Å². The van der Waals surface area contributed by atoms with E-state index in [9.17, 15) is 0 Å². The molecule has 0 saturated heterocycles. The van der Waals surface area contributed by atoms with E-state index in [1.165, 1.54) is 22.1 Å². The van der Waals surface area contributed by atoms with Gasteiger partial charge in [-0.1, -0.05) is 12.1 Å². The van der Waals surface area contributed by atoms with Gasteiger partial charge in [-0.05, 0) is 34.0 Å². The second-order valence-corrected chi connectivity index (χ2v) is 3.77. The van der Waals surface area contributed by atoms with E-state index in [-0.39, 0.29) is 0 Å². The SMILES string of the molecule is CN1CCc2cccc(Br)c21. The summed E-state index contributed by atoms with van der Waals surface area (Å²) in [6, 6.07) is 6.40. The molecule has 0 N–H and O–H groups in total.